The third-order valence-corrected chi connectivity index (χ3v) is 3.72. The van der Waals surface area contributed by atoms with Crippen LogP contribution in [0.1, 0.15) is 31.9 Å². The monoisotopic (exact) mass is 384 g/mol. The molecule has 0 saturated carbocycles. The van der Waals surface area contributed by atoms with E-state index in [9.17, 15) is 9.59 Å². The van der Waals surface area contributed by atoms with Crippen molar-refractivity contribution in [1.29, 1.82) is 0 Å². The fourth-order valence-electron chi connectivity index (χ4n) is 2.43. The second-order valence-electron chi connectivity index (χ2n) is 7.41. The molecule has 0 aliphatic carbocycles. The van der Waals surface area contributed by atoms with Crippen molar-refractivity contribution < 1.29 is 19.1 Å². The Morgan fingerprint density at radius 1 is 0.929 bits per heavy atom. The van der Waals surface area contributed by atoms with E-state index in [1.165, 1.54) is 0 Å². The number of nitrogens with one attached hydrogen (secondary N) is 2. The third kappa shape index (κ3) is 8.22. The van der Waals surface area contributed by atoms with Gasteiger partial charge in [0.1, 0.15) is 18.2 Å². The third-order valence-electron chi connectivity index (χ3n) is 3.72. The van der Waals surface area contributed by atoms with E-state index in [2.05, 4.69) is 10.6 Å². The predicted molar refractivity (Wildman–Crippen MR) is 108 cm³/mol. The Hall–Kier alpha value is -2.86. The average molecular weight is 384 g/mol. The Balaban J connectivity index is 1.90. The molecule has 0 aliphatic rings. The number of hydrogen-bond donors (Lipinski definition) is 2. The van der Waals surface area contributed by atoms with Crippen LogP contribution in [-0.2, 0) is 27.4 Å². The first kappa shape index (κ1) is 21.4. The molecule has 0 saturated heterocycles. The lowest BCUT2D eigenvalue weighted by atomic mass is 10.2. The Morgan fingerprint density at radius 2 is 1.50 bits per heavy atom. The summed E-state index contributed by atoms with van der Waals surface area (Å²) in [5, 5.41) is 5.77. The van der Waals surface area contributed by atoms with Gasteiger partial charge in [-0.2, -0.15) is 0 Å². The van der Waals surface area contributed by atoms with Crippen LogP contribution < -0.4 is 10.6 Å². The Morgan fingerprint density at radius 3 is 2.07 bits per heavy atom. The van der Waals surface area contributed by atoms with Gasteiger partial charge >= 0.3 is 12.1 Å². The maximum absolute atomic E-state index is 12.5. The van der Waals surface area contributed by atoms with Gasteiger partial charge in [-0.15, -0.1) is 0 Å². The molecular formula is C22H28N2O4. The van der Waals surface area contributed by atoms with Crippen LogP contribution in [0.5, 0.6) is 0 Å². The molecule has 0 bridgehead atoms. The molecule has 150 valence electrons. The number of alkyl carbamates (subject to hydrolysis) is 1. The molecule has 2 rings (SSSR count). The largest absolute Gasteiger partial charge is 0.458 e. The van der Waals surface area contributed by atoms with E-state index in [1.54, 1.807) is 20.8 Å². The van der Waals surface area contributed by atoms with E-state index in [4.69, 9.17) is 9.47 Å². The first-order valence-electron chi connectivity index (χ1n) is 9.28. The molecule has 0 aliphatic heterocycles. The van der Waals surface area contributed by atoms with Crippen molar-refractivity contribution in [2.75, 3.05) is 6.54 Å². The minimum absolute atomic E-state index is 0.130. The second kappa shape index (κ2) is 10.5. The van der Waals surface area contributed by atoms with Crippen molar-refractivity contribution in [3.05, 3.63) is 71.8 Å². The number of ether oxygens (including phenoxy) is 2. The number of carbonyl (C=O) groups excluding carboxylic acids is 2. The van der Waals surface area contributed by atoms with Crippen molar-refractivity contribution in [3.8, 4) is 0 Å². The molecule has 1 atom stereocenters. The topological polar surface area (TPSA) is 76.7 Å². The van der Waals surface area contributed by atoms with Crippen LogP contribution in [0.15, 0.2) is 60.7 Å². The molecule has 6 nitrogen and oxygen atoms in total. The molecular weight excluding hydrogens is 356 g/mol. The highest BCUT2D eigenvalue weighted by Crippen LogP contribution is 2.09. The van der Waals surface area contributed by atoms with Gasteiger partial charge in [0.2, 0.25) is 0 Å². The highest BCUT2D eigenvalue weighted by molar-refractivity contribution is 5.81. The van der Waals surface area contributed by atoms with Crippen LogP contribution in [0.4, 0.5) is 4.79 Å². The number of rotatable bonds is 8. The second-order valence-corrected chi connectivity index (χ2v) is 7.41. The van der Waals surface area contributed by atoms with Gasteiger partial charge in [0.05, 0.1) is 0 Å². The summed E-state index contributed by atoms with van der Waals surface area (Å²) < 4.78 is 10.6. The van der Waals surface area contributed by atoms with Gasteiger partial charge in [0.15, 0.2) is 0 Å². The lowest BCUT2D eigenvalue weighted by Crippen LogP contribution is -2.49. The highest BCUT2D eigenvalue weighted by atomic mass is 16.6. The average Bonchev–Trinajstić information content (AvgIpc) is 2.66. The Labute approximate surface area is 166 Å². The van der Waals surface area contributed by atoms with Crippen LogP contribution in [-0.4, -0.2) is 30.3 Å². The molecule has 2 aromatic carbocycles. The van der Waals surface area contributed by atoms with E-state index in [-0.39, 0.29) is 13.2 Å². The van der Waals surface area contributed by atoms with E-state index in [0.717, 1.165) is 11.1 Å². The van der Waals surface area contributed by atoms with Crippen LogP contribution in [0.2, 0.25) is 0 Å². The van der Waals surface area contributed by atoms with E-state index < -0.39 is 23.7 Å². The lowest BCUT2D eigenvalue weighted by molar-refractivity contribution is -0.157. The molecule has 28 heavy (non-hydrogen) atoms. The quantitative estimate of drug-likeness (QED) is 0.682. The van der Waals surface area contributed by atoms with Gasteiger partial charge in [0.25, 0.3) is 0 Å². The number of carbonyl (C=O) groups is 2. The van der Waals surface area contributed by atoms with Crippen LogP contribution in [0.25, 0.3) is 0 Å². The van der Waals surface area contributed by atoms with Gasteiger partial charge in [-0.1, -0.05) is 60.7 Å². The standard InChI is InChI=1S/C22H28N2O4/c1-22(2,3)28-20(25)19(15-23-14-17-10-6-4-7-11-17)24-21(26)27-16-18-12-8-5-9-13-18/h4-13,19,23H,14-16H2,1-3H3,(H,24,26)/t19-/m0/s1. The summed E-state index contributed by atoms with van der Waals surface area (Å²) in [7, 11) is 0. The minimum atomic E-state index is -0.855. The number of benzene rings is 2. The molecule has 1 amide bonds. The molecule has 0 spiro atoms. The highest BCUT2D eigenvalue weighted by Gasteiger charge is 2.27. The molecule has 0 aromatic heterocycles. The van der Waals surface area contributed by atoms with Crippen LogP contribution in [0.3, 0.4) is 0 Å². The van der Waals surface area contributed by atoms with Gasteiger partial charge in [0, 0.05) is 13.1 Å². The number of hydrogen-bond acceptors (Lipinski definition) is 5. The fourth-order valence-corrected chi connectivity index (χ4v) is 2.43. The van der Waals surface area contributed by atoms with E-state index in [0.29, 0.717) is 6.54 Å². The molecule has 0 heterocycles. The molecule has 0 radical (unpaired) electrons. The summed E-state index contributed by atoms with van der Waals surface area (Å²) >= 11 is 0. The smallest absolute Gasteiger partial charge is 0.408 e. The summed E-state index contributed by atoms with van der Waals surface area (Å²) in [6.07, 6.45) is -0.666. The van der Waals surface area contributed by atoms with Crippen molar-refractivity contribution >= 4 is 12.1 Å². The molecule has 2 N–H and O–H groups in total. The van der Waals surface area contributed by atoms with Crippen molar-refractivity contribution in [2.45, 2.75) is 45.6 Å². The lowest BCUT2D eigenvalue weighted by Gasteiger charge is -2.24. The zero-order valence-corrected chi connectivity index (χ0v) is 16.6. The molecule has 0 fully saturated rings. The molecule has 6 heteroatoms. The number of amides is 1. The summed E-state index contributed by atoms with van der Waals surface area (Å²) in [5.74, 6) is -0.510. The zero-order chi connectivity index (χ0) is 20.4. The van der Waals surface area contributed by atoms with Gasteiger partial charge in [-0.3, -0.25) is 0 Å². The summed E-state index contributed by atoms with van der Waals surface area (Å²) in [4.78, 5) is 24.6. The van der Waals surface area contributed by atoms with Crippen LogP contribution in [0, 0.1) is 0 Å². The maximum Gasteiger partial charge on any atom is 0.408 e. The fraction of sp³-hybridized carbons (Fsp3) is 0.364. The van der Waals surface area contributed by atoms with Crippen molar-refractivity contribution in [2.24, 2.45) is 0 Å². The SMILES string of the molecule is CC(C)(C)OC(=O)[C@H](CNCc1ccccc1)NC(=O)OCc1ccccc1. The van der Waals surface area contributed by atoms with Gasteiger partial charge < -0.3 is 20.1 Å². The minimum Gasteiger partial charge on any atom is -0.458 e. The maximum atomic E-state index is 12.5. The Bertz CT molecular complexity index is 742. The summed E-state index contributed by atoms with van der Waals surface area (Å²) in [6, 6.07) is 18.3. The summed E-state index contributed by atoms with van der Waals surface area (Å²) in [5.41, 5.74) is 1.30. The summed E-state index contributed by atoms with van der Waals surface area (Å²) in [6.45, 7) is 6.28. The van der Waals surface area contributed by atoms with Gasteiger partial charge in [-0.05, 0) is 31.9 Å². The van der Waals surface area contributed by atoms with Crippen molar-refractivity contribution in [1.82, 2.24) is 10.6 Å². The van der Waals surface area contributed by atoms with Crippen molar-refractivity contribution in [3.63, 3.8) is 0 Å². The van der Waals surface area contributed by atoms with E-state index in [1.807, 2.05) is 60.7 Å². The van der Waals surface area contributed by atoms with Crippen LogP contribution >= 0.6 is 0 Å². The van der Waals surface area contributed by atoms with E-state index >= 15 is 0 Å². The normalized spacial score (nSPS) is 12.1. The molecule has 0 unspecified atom stereocenters. The number of esters is 1. The first-order chi connectivity index (χ1) is 13.3. The zero-order valence-electron chi connectivity index (χ0n) is 16.6. The Kier molecular flexibility index (Phi) is 8.02. The molecule has 2 aromatic rings. The first-order valence-corrected chi connectivity index (χ1v) is 9.28. The predicted octanol–water partition coefficient (Wildman–Crippen LogP) is 3.41. The van der Waals surface area contributed by atoms with Gasteiger partial charge in [-0.25, -0.2) is 9.59 Å².